The summed E-state index contributed by atoms with van der Waals surface area (Å²) < 4.78 is 12.3. The summed E-state index contributed by atoms with van der Waals surface area (Å²) in [5.41, 5.74) is 12.6. The van der Waals surface area contributed by atoms with Gasteiger partial charge in [0.15, 0.2) is 0 Å². The van der Waals surface area contributed by atoms with Gasteiger partial charge in [0.1, 0.15) is 30.2 Å². The normalized spacial score (nSPS) is 12.8. The van der Waals surface area contributed by atoms with Crippen LogP contribution < -0.4 is 15.8 Å². The summed E-state index contributed by atoms with van der Waals surface area (Å²) in [6, 6.07) is 7.49. The Labute approximate surface area is 224 Å². The number of rotatable bonds is 11. The molecular weight excluding hydrogens is 498 g/mol. The van der Waals surface area contributed by atoms with Crippen LogP contribution in [0.5, 0.6) is 5.88 Å². The molecule has 11 nitrogen and oxygen atoms in total. The van der Waals surface area contributed by atoms with E-state index < -0.39 is 5.97 Å². The first-order valence-corrected chi connectivity index (χ1v) is 12.6. The molecule has 0 bridgehead atoms. The van der Waals surface area contributed by atoms with Crippen LogP contribution in [0.3, 0.4) is 0 Å². The number of carbonyl (C=O) groups is 2. The van der Waals surface area contributed by atoms with Crippen molar-refractivity contribution in [2.24, 2.45) is 5.73 Å². The molecule has 1 aromatic carbocycles. The molecule has 4 aromatic rings. The zero-order valence-corrected chi connectivity index (χ0v) is 21.7. The van der Waals surface area contributed by atoms with E-state index in [1.807, 2.05) is 48.8 Å². The smallest absolute Gasteiger partial charge is 0.317 e. The Kier molecular flexibility index (Phi) is 7.22. The maximum atomic E-state index is 12.0. The first kappa shape index (κ1) is 25.8. The van der Waals surface area contributed by atoms with Gasteiger partial charge in [0.25, 0.3) is 0 Å². The number of imidazole rings is 1. The third-order valence-corrected chi connectivity index (χ3v) is 6.72. The number of hydrogen-bond donors (Lipinski definition) is 3. The predicted octanol–water partition coefficient (Wildman–Crippen LogP) is 3.34. The minimum Gasteiger partial charge on any atom is -0.471 e. The number of nitrogens with two attached hydrogens (primary N) is 1. The highest BCUT2D eigenvalue weighted by Crippen LogP contribution is 2.40. The number of carbonyl (C=O) groups excluding carboxylic acids is 2. The number of pyridine rings is 1. The van der Waals surface area contributed by atoms with Gasteiger partial charge < -0.3 is 24.9 Å². The van der Waals surface area contributed by atoms with Gasteiger partial charge in [0.05, 0.1) is 12.1 Å². The number of aromatic nitrogens is 4. The lowest BCUT2D eigenvalue weighted by molar-refractivity contribution is -0.150. The molecule has 1 fully saturated rings. The number of anilines is 1. The van der Waals surface area contributed by atoms with Crippen molar-refractivity contribution in [2.75, 3.05) is 5.32 Å². The summed E-state index contributed by atoms with van der Waals surface area (Å²) in [5, 5.41) is 11.0. The number of fused-ring (bicyclic) bond motifs is 1. The van der Waals surface area contributed by atoms with E-state index in [1.54, 1.807) is 6.07 Å². The Hall–Kier alpha value is -4.80. The van der Waals surface area contributed by atoms with E-state index in [0.717, 1.165) is 35.1 Å². The zero-order valence-electron chi connectivity index (χ0n) is 21.7. The second kappa shape index (κ2) is 10.9. The van der Waals surface area contributed by atoms with Crippen LogP contribution in [0.25, 0.3) is 5.65 Å². The van der Waals surface area contributed by atoms with Crippen LogP contribution in [-0.4, -0.2) is 37.6 Å². The molecule has 200 valence electrons. The number of amidine groups is 1. The number of nitrogens with zero attached hydrogens (tertiary/aromatic N) is 4. The molecule has 0 atom stereocenters. The monoisotopic (exact) mass is 527 g/mol. The van der Waals surface area contributed by atoms with Crippen LogP contribution in [0.1, 0.15) is 57.8 Å². The second-order valence-electron chi connectivity index (χ2n) is 9.68. The maximum absolute atomic E-state index is 12.0. The largest absolute Gasteiger partial charge is 0.471 e. The van der Waals surface area contributed by atoms with Crippen LogP contribution in [0.15, 0.2) is 43.0 Å². The van der Waals surface area contributed by atoms with Gasteiger partial charge in [-0.15, -0.1) is 0 Å². The SMILES string of the molecule is Cc1cc(C(=N)N)cc(C)c1CNc1cc(OCc2cn3cc(C4CC4)cc(CC(=O)OC=O)c3n2)ncn1. The fraction of sp³-hybridized carbons (Fsp3) is 0.286. The Balaban J connectivity index is 1.28. The fourth-order valence-electron chi connectivity index (χ4n) is 4.60. The molecule has 3 heterocycles. The Morgan fingerprint density at radius 1 is 1.18 bits per heavy atom. The molecule has 1 aliphatic rings. The molecule has 0 aliphatic heterocycles. The van der Waals surface area contributed by atoms with Crippen molar-refractivity contribution in [2.45, 2.75) is 52.2 Å². The summed E-state index contributed by atoms with van der Waals surface area (Å²) in [7, 11) is 0. The van der Waals surface area contributed by atoms with Crippen molar-refractivity contribution >= 4 is 29.7 Å². The lowest BCUT2D eigenvalue weighted by Gasteiger charge is -2.14. The highest BCUT2D eigenvalue weighted by molar-refractivity contribution is 5.95. The fourth-order valence-corrected chi connectivity index (χ4v) is 4.60. The minimum atomic E-state index is -0.623. The van der Waals surface area contributed by atoms with Gasteiger partial charge in [-0.05, 0) is 73.1 Å². The lowest BCUT2D eigenvalue weighted by Crippen LogP contribution is -2.13. The van der Waals surface area contributed by atoms with Crippen LogP contribution in [-0.2, 0) is 33.9 Å². The van der Waals surface area contributed by atoms with Crippen LogP contribution in [0, 0.1) is 19.3 Å². The molecule has 1 aliphatic carbocycles. The van der Waals surface area contributed by atoms with Crippen molar-refractivity contribution in [1.29, 1.82) is 5.41 Å². The average molecular weight is 528 g/mol. The number of hydrogen-bond acceptors (Lipinski definition) is 9. The summed E-state index contributed by atoms with van der Waals surface area (Å²) >= 11 is 0. The van der Waals surface area contributed by atoms with Gasteiger partial charge in [0.2, 0.25) is 5.88 Å². The third-order valence-electron chi connectivity index (χ3n) is 6.72. The molecule has 3 aromatic heterocycles. The van der Waals surface area contributed by atoms with Crippen molar-refractivity contribution in [3.8, 4) is 5.88 Å². The third kappa shape index (κ3) is 6.03. The number of ether oxygens (including phenoxy) is 2. The first-order valence-electron chi connectivity index (χ1n) is 12.6. The van der Waals surface area contributed by atoms with E-state index in [4.69, 9.17) is 15.9 Å². The molecule has 1 saturated carbocycles. The van der Waals surface area contributed by atoms with E-state index in [0.29, 0.717) is 46.6 Å². The van der Waals surface area contributed by atoms with E-state index in [2.05, 4.69) is 25.0 Å². The number of nitrogen functional groups attached to an aromatic ring is 1. The topological polar surface area (TPSA) is 158 Å². The minimum absolute atomic E-state index is 0.0442. The molecule has 0 spiro atoms. The highest BCUT2D eigenvalue weighted by atomic mass is 16.6. The van der Waals surface area contributed by atoms with Gasteiger partial charge in [-0.2, -0.15) is 0 Å². The number of nitrogens with one attached hydrogen (secondary N) is 2. The molecule has 0 unspecified atom stereocenters. The quantitative estimate of drug-likeness (QED) is 0.0874. The maximum Gasteiger partial charge on any atom is 0.317 e. The number of benzene rings is 1. The van der Waals surface area contributed by atoms with Crippen molar-refractivity contribution in [3.05, 3.63) is 82.1 Å². The molecular formula is C28H29N7O4. The van der Waals surface area contributed by atoms with Crippen LogP contribution in [0.2, 0.25) is 0 Å². The number of esters is 1. The summed E-state index contributed by atoms with van der Waals surface area (Å²) in [6.07, 6.45) is 7.50. The van der Waals surface area contributed by atoms with Gasteiger partial charge in [0, 0.05) is 36.1 Å². The van der Waals surface area contributed by atoms with E-state index in [1.165, 1.54) is 6.33 Å². The molecule has 39 heavy (non-hydrogen) atoms. The lowest BCUT2D eigenvalue weighted by atomic mass is 9.99. The Bertz CT molecular complexity index is 1550. The van der Waals surface area contributed by atoms with Gasteiger partial charge in [-0.3, -0.25) is 15.0 Å². The molecule has 0 saturated heterocycles. The molecule has 4 N–H and O–H groups in total. The standard InChI is InChI=1S/C28H29N7O4/c1-16-5-19(27(29)30)6-17(2)23(16)10-31-24-9-25(33-14-32-24)38-13-22-12-35-11-21(18-3-4-18)7-20(28(35)34-22)8-26(37)39-15-36/h5-7,9,11-12,14-15,18H,3-4,8,10,13H2,1-2H3,(H3,29,30)(H,31,32,33). The highest BCUT2D eigenvalue weighted by Gasteiger charge is 2.25. The van der Waals surface area contributed by atoms with E-state index in [-0.39, 0.29) is 25.3 Å². The van der Waals surface area contributed by atoms with Crippen molar-refractivity contribution in [1.82, 2.24) is 19.4 Å². The van der Waals surface area contributed by atoms with Crippen molar-refractivity contribution in [3.63, 3.8) is 0 Å². The zero-order chi connectivity index (χ0) is 27.5. The molecule has 0 radical (unpaired) electrons. The summed E-state index contributed by atoms with van der Waals surface area (Å²) in [6.45, 7) is 4.83. The van der Waals surface area contributed by atoms with Crippen molar-refractivity contribution < 1.29 is 19.1 Å². The van der Waals surface area contributed by atoms with Gasteiger partial charge in [-0.25, -0.2) is 15.0 Å². The van der Waals surface area contributed by atoms with Gasteiger partial charge in [-0.1, -0.05) is 0 Å². The molecule has 0 amide bonds. The van der Waals surface area contributed by atoms with Crippen LogP contribution >= 0.6 is 0 Å². The average Bonchev–Trinajstić information content (AvgIpc) is 3.66. The summed E-state index contributed by atoms with van der Waals surface area (Å²) in [4.78, 5) is 35.7. The Morgan fingerprint density at radius 3 is 2.64 bits per heavy atom. The van der Waals surface area contributed by atoms with E-state index in [9.17, 15) is 9.59 Å². The molecule has 5 rings (SSSR count). The second-order valence-corrected chi connectivity index (χ2v) is 9.68. The van der Waals surface area contributed by atoms with Gasteiger partial charge >= 0.3 is 12.4 Å². The Morgan fingerprint density at radius 2 is 1.95 bits per heavy atom. The first-order chi connectivity index (χ1) is 18.8. The van der Waals surface area contributed by atoms with Crippen LogP contribution in [0.4, 0.5) is 5.82 Å². The predicted molar refractivity (Wildman–Crippen MR) is 144 cm³/mol. The number of aryl methyl sites for hydroxylation is 2. The van der Waals surface area contributed by atoms with E-state index >= 15 is 0 Å². The molecule has 11 heteroatoms. The summed E-state index contributed by atoms with van der Waals surface area (Å²) in [5.74, 6) is 0.891.